The fourth-order valence-corrected chi connectivity index (χ4v) is 4.04. The van der Waals surface area contributed by atoms with Crippen LogP contribution in [0.3, 0.4) is 0 Å². The number of carbonyl (C=O) groups excluding carboxylic acids is 2. The summed E-state index contributed by atoms with van der Waals surface area (Å²) in [6.07, 6.45) is -3.68. The molecule has 4 aromatic rings. The topological polar surface area (TPSA) is 86.0 Å². The monoisotopic (exact) mass is 538 g/mol. The predicted molar refractivity (Wildman–Crippen MR) is 118 cm³/mol. The number of esters is 1. The largest absolute Gasteiger partial charge is 0.491 e. The van der Waals surface area contributed by atoms with E-state index in [0.717, 1.165) is 17.0 Å². The number of halogens is 6. The number of rotatable bonds is 4. The van der Waals surface area contributed by atoms with Crippen molar-refractivity contribution in [2.75, 3.05) is 13.1 Å². The number of aromatic nitrogens is 3. The van der Waals surface area contributed by atoms with Crippen molar-refractivity contribution >= 4 is 28.4 Å². The van der Waals surface area contributed by atoms with E-state index in [4.69, 9.17) is 4.74 Å². The Morgan fingerprint density at radius 1 is 1.11 bits per heavy atom. The molecule has 0 bridgehead atoms. The standard InChI is InChI=1S/C24H16F6N4O4/c25-15-5-1-3-13-11-16(37-22(36)24(28,29)30)20(32-18(13)15)38-17-12-34(9-6-23(17,26)27)21(35)14-4-2-8-33-10-7-31-19(14)33/h1-5,7-8,10-11,17H,6,9,12H2/t17-/m0/s1. The Balaban J connectivity index is 1.49. The molecule has 4 heterocycles. The van der Waals surface area contributed by atoms with Crippen LogP contribution in [0.1, 0.15) is 16.8 Å². The molecule has 198 valence electrons. The Labute approximate surface area is 209 Å². The minimum atomic E-state index is -5.42. The summed E-state index contributed by atoms with van der Waals surface area (Å²) in [5.41, 5.74) is 0.0137. The van der Waals surface area contributed by atoms with Crippen molar-refractivity contribution < 1.29 is 45.4 Å². The molecule has 1 atom stereocenters. The van der Waals surface area contributed by atoms with Crippen LogP contribution in [0.25, 0.3) is 16.6 Å². The minimum absolute atomic E-state index is 0.0673. The zero-order valence-electron chi connectivity index (χ0n) is 19.1. The van der Waals surface area contributed by atoms with Crippen molar-refractivity contribution in [1.29, 1.82) is 0 Å². The Morgan fingerprint density at radius 2 is 1.89 bits per heavy atom. The van der Waals surface area contributed by atoms with Gasteiger partial charge < -0.3 is 18.8 Å². The van der Waals surface area contributed by atoms with Gasteiger partial charge in [-0.3, -0.25) is 4.79 Å². The van der Waals surface area contributed by atoms with Gasteiger partial charge in [-0.2, -0.15) is 13.2 Å². The third-order valence-corrected chi connectivity index (χ3v) is 5.93. The lowest BCUT2D eigenvalue weighted by Gasteiger charge is -2.38. The summed E-state index contributed by atoms with van der Waals surface area (Å²) in [6.45, 7) is -1.06. The van der Waals surface area contributed by atoms with Gasteiger partial charge in [0, 0.05) is 36.9 Å². The highest BCUT2D eigenvalue weighted by Gasteiger charge is 2.48. The summed E-state index contributed by atoms with van der Waals surface area (Å²) in [4.78, 5) is 33.6. The predicted octanol–water partition coefficient (Wildman–Crippen LogP) is 4.42. The third kappa shape index (κ3) is 4.68. The molecule has 1 saturated heterocycles. The molecule has 0 radical (unpaired) electrons. The van der Waals surface area contributed by atoms with Gasteiger partial charge >= 0.3 is 12.1 Å². The molecule has 3 aromatic heterocycles. The molecule has 8 nitrogen and oxygen atoms in total. The van der Waals surface area contributed by atoms with Crippen LogP contribution >= 0.6 is 0 Å². The fourth-order valence-electron chi connectivity index (χ4n) is 4.04. The number of ether oxygens (including phenoxy) is 2. The maximum atomic E-state index is 14.9. The van der Waals surface area contributed by atoms with E-state index in [1.807, 2.05) is 0 Å². The molecule has 0 saturated carbocycles. The molecule has 1 aliphatic heterocycles. The summed E-state index contributed by atoms with van der Waals surface area (Å²) in [6, 6.07) is 7.36. The fraction of sp³-hybridized carbons (Fsp3) is 0.250. The highest BCUT2D eigenvalue weighted by molar-refractivity contribution is 5.99. The number of piperidine rings is 1. The quantitative estimate of drug-likeness (QED) is 0.283. The van der Waals surface area contributed by atoms with E-state index in [9.17, 15) is 35.9 Å². The average molecular weight is 538 g/mol. The lowest BCUT2D eigenvalue weighted by molar-refractivity contribution is -0.190. The van der Waals surface area contributed by atoms with Crippen molar-refractivity contribution in [3.05, 3.63) is 66.4 Å². The number of pyridine rings is 2. The van der Waals surface area contributed by atoms with Crippen LogP contribution < -0.4 is 9.47 Å². The van der Waals surface area contributed by atoms with E-state index in [1.165, 1.54) is 24.4 Å². The van der Waals surface area contributed by atoms with Crippen molar-refractivity contribution in [2.24, 2.45) is 0 Å². The van der Waals surface area contributed by atoms with Gasteiger partial charge in [-0.1, -0.05) is 12.1 Å². The van der Waals surface area contributed by atoms with Crippen LogP contribution in [0.2, 0.25) is 0 Å². The molecule has 5 rings (SSSR count). The Bertz CT molecular complexity index is 1550. The van der Waals surface area contributed by atoms with Crippen LogP contribution in [0, 0.1) is 5.82 Å². The highest BCUT2D eigenvalue weighted by atomic mass is 19.4. The number of imidazole rings is 1. The van der Waals surface area contributed by atoms with E-state index in [1.54, 1.807) is 22.9 Å². The zero-order valence-corrected chi connectivity index (χ0v) is 19.1. The molecule has 1 fully saturated rings. The number of carbonyl (C=O) groups is 2. The second-order valence-electron chi connectivity index (χ2n) is 8.44. The summed E-state index contributed by atoms with van der Waals surface area (Å²) >= 11 is 0. The number of likely N-dealkylation sites (tertiary alicyclic amines) is 1. The van der Waals surface area contributed by atoms with Gasteiger partial charge in [0.1, 0.15) is 17.0 Å². The maximum Gasteiger partial charge on any atom is 0.491 e. The molecule has 1 amide bonds. The van der Waals surface area contributed by atoms with Crippen molar-refractivity contribution in [3.63, 3.8) is 0 Å². The van der Waals surface area contributed by atoms with Crippen LogP contribution in [-0.2, 0) is 4.79 Å². The SMILES string of the molecule is O=C(c1cccn2ccnc12)N1CCC(F)(F)[C@@H](Oc2nc3c(F)cccc3cc2OC(=O)C(F)(F)F)C1. The third-order valence-electron chi connectivity index (χ3n) is 5.93. The first-order valence-electron chi connectivity index (χ1n) is 11.1. The maximum absolute atomic E-state index is 14.9. The number of para-hydroxylation sites is 1. The van der Waals surface area contributed by atoms with Crippen molar-refractivity contribution in [1.82, 2.24) is 19.3 Å². The summed E-state index contributed by atoms with van der Waals surface area (Å²) in [7, 11) is 0. The van der Waals surface area contributed by atoms with Gasteiger partial charge in [0.05, 0.1) is 12.1 Å². The molecule has 0 N–H and O–H groups in total. The number of alkyl halides is 5. The van der Waals surface area contributed by atoms with Gasteiger partial charge in [0.25, 0.3) is 17.7 Å². The van der Waals surface area contributed by atoms with E-state index in [2.05, 4.69) is 14.7 Å². The molecule has 1 aliphatic rings. The van der Waals surface area contributed by atoms with Crippen LogP contribution in [0.4, 0.5) is 26.3 Å². The van der Waals surface area contributed by atoms with Crippen molar-refractivity contribution in [3.8, 4) is 11.6 Å². The molecule has 0 spiro atoms. The van der Waals surface area contributed by atoms with E-state index < -0.39 is 66.0 Å². The normalized spacial score (nSPS) is 17.5. The number of fused-ring (bicyclic) bond motifs is 2. The minimum Gasteiger partial charge on any atom is -0.463 e. The second-order valence-corrected chi connectivity index (χ2v) is 8.44. The number of nitrogens with zero attached hydrogens (tertiary/aromatic N) is 4. The lowest BCUT2D eigenvalue weighted by Crippen LogP contribution is -2.55. The number of hydrogen-bond acceptors (Lipinski definition) is 6. The van der Waals surface area contributed by atoms with E-state index in [0.29, 0.717) is 5.65 Å². The summed E-state index contributed by atoms with van der Waals surface area (Å²) < 4.78 is 93.9. The van der Waals surface area contributed by atoms with Crippen molar-refractivity contribution in [2.45, 2.75) is 24.6 Å². The van der Waals surface area contributed by atoms with Gasteiger partial charge in [0.2, 0.25) is 0 Å². The number of amides is 1. The average Bonchev–Trinajstić information content (AvgIpc) is 3.34. The summed E-state index contributed by atoms with van der Waals surface area (Å²) in [5.74, 6) is -9.66. The smallest absolute Gasteiger partial charge is 0.463 e. The number of benzene rings is 1. The Kier molecular flexibility index (Phi) is 6.12. The van der Waals surface area contributed by atoms with E-state index >= 15 is 0 Å². The van der Waals surface area contributed by atoms with Gasteiger partial charge in [0.15, 0.2) is 11.9 Å². The van der Waals surface area contributed by atoms with Crippen LogP contribution in [-0.4, -0.2) is 62.4 Å². The Hall–Kier alpha value is -4.36. The zero-order chi connectivity index (χ0) is 27.2. The first kappa shape index (κ1) is 25.3. The van der Waals surface area contributed by atoms with Gasteiger partial charge in [-0.25, -0.2) is 27.9 Å². The van der Waals surface area contributed by atoms with Gasteiger partial charge in [-0.15, -0.1) is 0 Å². The van der Waals surface area contributed by atoms with Crippen LogP contribution in [0.15, 0.2) is 55.0 Å². The molecular weight excluding hydrogens is 522 g/mol. The molecule has 14 heteroatoms. The molecule has 1 aromatic carbocycles. The van der Waals surface area contributed by atoms with E-state index in [-0.39, 0.29) is 17.5 Å². The van der Waals surface area contributed by atoms with Gasteiger partial charge in [-0.05, 0) is 24.3 Å². The lowest BCUT2D eigenvalue weighted by atomic mass is 10.0. The first-order chi connectivity index (χ1) is 17.9. The second kappa shape index (κ2) is 9.19. The molecule has 38 heavy (non-hydrogen) atoms. The Morgan fingerprint density at radius 3 is 2.66 bits per heavy atom. The first-order valence-corrected chi connectivity index (χ1v) is 11.1. The van der Waals surface area contributed by atoms with Crippen LogP contribution in [0.5, 0.6) is 11.6 Å². The number of hydrogen-bond donors (Lipinski definition) is 0. The molecule has 0 unspecified atom stereocenters. The highest BCUT2D eigenvalue weighted by Crippen LogP contribution is 2.37. The molecule has 0 aliphatic carbocycles. The summed E-state index contributed by atoms with van der Waals surface area (Å²) in [5, 5.41) is -0.0673. The molecular formula is C24H16F6N4O4.